The molecule has 0 saturated carbocycles. The number of nitrogens with two attached hydrogens (primary N) is 1. The summed E-state index contributed by atoms with van der Waals surface area (Å²) in [4.78, 5) is 14.7. The Morgan fingerprint density at radius 1 is 1.06 bits per heavy atom. The zero-order chi connectivity index (χ0) is 25.0. The molecule has 35 heavy (non-hydrogen) atoms. The molecule has 9 heteroatoms. The van der Waals surface area contributed by atoms with Crippen molar-refractivity contribution in [3.8, 4) is 0 Å². The molecule has 0 fully saturated rings. The van der Waals surface area contributed by atoms with Crippen molar-refractivity contribution in [2.45, 2.75) is 25.3 Å². The topological polar surface area (TPSA) is 86.1 Å². The van der Waals surface area contributed by atoms with Crippen molar-refractivity contribution in [2.24, 2.45) is 5.73 Å². The van der Waals surface area contributed by atoms with E-state index in [-0.39, 0.29) is 11.8 Å². The monoisotopic (exact) mass is 523 g/mol. The SMILES string of the molecule is CN1Cc2c(Cl)cc(Cl)cc2C(c2cccc(NC(=O)CCCOCCOCCOCCN)c2)C1. The fourth-order valence-corrected chi connectivity index (χ4v) is 4.72. The van der Waals surface area contributed by atoms with Crippen LogP contribution in [0.5, 0.6) is 0 Å². The summed E-state index contributed by atoms with van der Waals surface area (Å²) in [7, 11) is 2.08. The number of carbonyl (C=O) groups is 1. The van der Waals surface area contributed by atoms with Crippen molar-refractivity contribution in [1.29, 1.82) is 0 Å². The van der Waals surface area contributed by atoms with E-state index in [1.165, 1.54) is 0 Å². The zero-order valence-corrected chi connectivity index (χ0v) is 21.7. The number of fused-ring (bicyclic) bond motifs is 1. The third kappa shape index (κ3) is 9.03. The van der Waals surface area contributed by atoms with E-state index in [0.717, 1.165) is 35.5 Å². The molecule has 7 nitrogen and oxygen atoms in total. The second-order valence-corrected chi connectivity index (χ2v) is 9.45. The quantitative estimate of drug-likeness (QED) is 0.359. The Morgan fingerprint density at radius 2 is 1.77 bits per heavy atom. The summed E-state index contributed by atoms with van der Waals surface area (Å²) in [6.07, 6.45) is 1.03. The third-order valence-electron chi connectivity index (χ3n) is 5.76. The smallest absolute Gasteiger partial charge is 0.224 e. The van der Waals surface area contributed by atoms with Crippen LogP contribution in [-0.4, -0.2) is 70.6 Å². The number of amides is 1. The van der Waals surface area contributed by atoms with Gasteiger partial charge in [-0.05, 0) is 54.4 Å². The van der Waals surface area contributed by atoms with Gasteiger partial charge in [-0.15, -0.1) is 0 Å². The van der Waals surface area contributed by atoms with Crippen LogP contribution in [0.4, 0.5) is 5.69 Å². The van der Waals surface area contributed by atoms with E-state index in [4.69, 9.17) is 43.1 Å². The van der Waals surface area contributed by atoms with Crippen LogP contribution in [0, 0.1) is 0 Å². The average molecular weight is 524 g/mol. The van der Waals surface area contributed by atoms with Gasteiger partial charge in [0, 0.05) is 54.3 Å². The zero-order valence-electron chi connectivity index (χ0n) is 20.2. The highest BCUT2D eigenvalue weighted by Crippen LogP contribution is 2.38. The van der Waals surface area contributed by atoms with Crippen LogP contribution < -0.4 is 11.1 Å². The van der Waals surface area contributed by atoms with Gasteiger partial charge in [0.05, 0.1) is 33.0 Å². The molecule has 2 aromatic carbocycles. The second-order valence-electron chi connectivity index (χ2n) is 8.61. The van der Waals surface area contributed by atoms with E-state index in [2.05, 4.69) is 23.3 Å². The van der Waals surface area contributed by atoms with Gasteiger partial charge in [-0.2, -0.15) is 0 Å². The van der Waals surface area contributed by atoms with Crippen LogP contribution in [0.15, 0.2) is 36.4 Å². The normalized spacial score (nSPS) is 15.7. The van der Waals surface area contributed by atoms with Crippen LogP contribution in [0.1, 0.15) is 35.4 Å². The van der Waals surface area contributed by atoms with Gasteiger partial charge in [-0.1, -0.05) is 35.3 Å². The first-order valence-electron chi connectivity index (χ1n) is 12.0. The molecular formula is C26H35Cl2N3O4. The minimum Gasteiger partial charge on any atom is -0.379 e. The van der Waals surface area contributed by atoms with Crippen LogP contribution >= 0.6 is 23.2 Å². The molecule has 2 aromatic rings. The van der Waals surface area contributed by atoms with Crippen LogP contribution in [0.25, 0.3) is 0 Å². The van der Waals surface area contributed by atoms with Gasteiger partial charge in [-0.25, -0.2) is 0 Å². The summed E-state index contributed by atoms with van der Waals surface area (Å²) >= 11 is 12.8. The Kier molecular flexibility index (Phi) is 11.7. The number of hydrogen-bond donors (Lipinski definition) is 2. The lowest BCUT2D eigenvalue weighted by Gasteiger charge is -2.33. The van der Waals surface area contributed by atoms with Crippen molar-refractivity contribution >= 4 is 34.8 Å². The first kappa shape index (κ1) is 27.9. The van der Waals surface area contributed by atoms with E-state index in [1.54, 1.807) is 6.07 Å². The highest BCUT2D eigenvalue weighted by atomic mass is 35.5. The number of benzene rings is 2. The molecule has 1 amide bonds. The maximum Gasteiger partial charge on any atom is 0.224 e. The Morgan fingerprint density at radius 3 is 2.51 bits per heavy atom. The van der Waals surface area contributed by atoms with Crippen molar-refractivity contribution < 1.29 is 19.0 Å². The number of hydrogen-bond acceptors (Lipinski definition) is 6. The molecule has 0 bridgehead atoms. The molecule has 192 valence electrons. The van der Waals surface area contributed by atoms with Gasteiger partial charge in [0.1, 0.15) is 0 Å². The summed E-state index contributed by atoms with van der Waals surface area (Å²) in [5.74, 6) is 0.0888. The van der Waals surface area contributed by atoms with Crippen molar-refractivity contribution in [3.63, 3.8) is 0 Å². The van der Waals surface area contributed by atoms with E-state index < -0.39 is 0 Å². The largest absolute Gasteiger partial charge is 0.379 e. The minimum atomic E-state index is -0.0358. The second kappa shape index (κ2) is 14.8. The Hall–Kier alpha value is -1.71. The number of likely N-dealkylation sites (N-methyl/N-ethyl adjacent to an activating group) is 1. The Bertz CT molecular complexity index is 960. The van der Waals surface area contributed by atoms with Crippen molar-refractivity contribution in [2.75, 3.05) is 65.1 Å². The van der Waals surface area contributed by atoms with Crippen molar-refractivity contribution in [1.82, 2.24) is 4.90 Å². The first-order valence-corrected chi connectivity index (χ1v) is 12.7. The predicted octanol–water partition coefficient (Wildman–Crippen LogP) is 4.30. The maximum atomic E-state index is 12.4. The van der Waals surface area contributed by atoms with E-state index in [9.17, 15) is 4.79 Å². The van der Waals surface area contributed by atoms with Gasteiger partial charge in [-0.3, -0.25) is 4.79 Å². The number of ether oxygens (including phenoxy) is 3. The Balaban J connectivity index is 1.44. The average Bonchev–Trinajstić information content (AvgIpc) is 2.83. The predicted molar refractivity (Wildman–Crippen MR) is 140 cm³/mol. The molecular weight excluding hydrogens is 489 g/mol. The lowest BCUT2D eigenvalue weighted by atomic mass is 9.84. The highest BCUT2D eigenvalue weighted by molar-refractivity contribution is 6.35. The van der Waals surface area contributed by atoms with Gasteiger partial charge >= 0.3 is 0 Å². The standard InChI is InChI=1S/C26H35Cl2N3O4/c1-31-17-23(22-15-20(27)16-25(28)24(22)18-31)19-4-2-5-21(14-19)30-26(32)6-3-8-33-10-12-35-13-11-34-9-7-29/h2,4-5,14-16,23H,3,6-13,17-18,29H2,1H3,(H,30,32). The molecule has 0 aromatic heterocycles. The summed E-state index contributed by atoms with van der Waals surface area (Å²) in [6, 6.07) is 11.8. The van der Waals surface area contributed by atoms with Gasteiger partial charge in [0.25, 0.3) is 0 Å². The van der Waals surface area contributed by atoms with E-state index in [0.29, 0.717) is 69.1 Å². The molecule has 0 spiro atoms. The maximum absolute atomic E-state index is 12.4. The number of nitrogens with one attached hydrogen (secondary N) is 1. The molecule has 3 N–H and O–H groups in total. The lowest BCUT2D eigenvalue weighted by molar-refractivity contribution is -0.116. The minimum absolute atomic E-state index is 0.0358. The molecule has 3 rings (SSSR count). The molecule has 0 radical (unpaired) electrons. The van der Waals surface area contributed by atoms with Gasteiger partial charge < -0.3 is 30.2 Å². The highest BCUT2D eigenvalue weighted by Gasteiger charge is 2.27. The number of rotatable bonds is 14. The Labute approximate surface area is 217 Å². The number of halogens is 2. The molecule has 1 aliphatic rings. The van der Waals surface area contributed by atoms with Crippen LogP contribution in [0.2, 0.25) is 10.0 Å². The molecule has 1 unspecified atom stereocenters. The van der Waals surface area contributed by atoms with E-state index >= 15 is 0 Å². The van der Waals surface area contributed by atoms with Crippen LogP contribution in [0.3, 0.4) is 0 Å². The third-order valence-corrected chi connectivity index (χ3v) is 6.32. The lowest BCUT2D eigenvalue weighted by Crippen LogP contribution is -2.31. The number of carbonyl (C=O) groups excluding carboxylic acids is 1. The number of nitrogens with zero attached hydrogens (tertiary/aromatic N) is 1. The fourth-order valence-electron chi connectivity index (χ4n) is 4.15. The fraction of sp³-hybridized carbons (Fsp3) is 0.500. The molecule has 1 atom stereocenters. The molecule has 0 aliphatic carbocycles. The van der Waals surface area contributed by atoms with Gasteiger partial charge in [0.2, 0.25) is 5.91 Å². The van der Waals surface area contributed by atoms with E-state index in [1.807, 2.05) is 24.3 Å². The molecule has 1 heterocycles. The molecule has 0 saturated heterocycles. The summed E-state index contributed by atoms with van der Waals surface area (Å²) in [5, 5.41) is 4.34. The summed E-state index contributed by atoms with van der Waals surface area (Å²) < 4.78 is 16.2. The molecule has 1 aliphatic heterocycles. The summed E-state index contributed by atoms with van der Waals surface area (Å²) in [5.41, 5.74) is 9.49. The number of anilines is 1. The van der Waals surface area contributed by atoms with Crippen molar-refractivity contribution in [3.05, 3.63) is 63.1 Å². The summed E-state index contributed by atoms with van der Waals surface area (Å²) in [6.45, 7) is 5.25. The van der Waals surface area contributed by atoms with Crippen LogP contribution in [-0.2, 0) is 25.5 Å². The first-order chi connectivity index (χ1) is 17.0. The van der Waals surface area contributed by atoms with Gasteiger partial charge in [0.15, 0.2) is 0 Å².